The molecule has 1 saturated heterocycles. The number of hydrogen-bond acceptors (Lipinski definition) is 4. The van der Waals surface area contributed by atoms with Crippen molar-refractivity contribution in [3.05, 3.63) is 35.4 Å². The number of urea groups is 1. The number of aromatic nitrogens is 4. The van der Waals surface area contributed by atoms with Crippen molar-refractivity contribution >= 4 is 6.03 Å². The lowest BCUT2D eigenvalue weighted by molar-refractivity contribution is 0.158. The highest BCUT2D eigenvalue weighted by Crippen LogP contribution is 2.22. The number of fused-ring (bicyclic) bond motifs is 1. The Bertz CT molecular complexity index is 774. The summed E-state index contributed by atoms with van der Waals surface area (Å²) in [5, 5.41) is 12.0. The summed E-state index contributed by atoms with van der Waals surface area (Å²) >= 11 is 0. The predicted molar refractivity (Wildman–Crippen MR) is 97.5 cm³/mol. The van der Waals surface area contributed by atoms with Crippen LogP contribution in [0.5, 0.6) is 0 Å². The van der Waals surface area contributed by atoms with Crippen LogP contribution in [0.3, 0.4) is 0 Å². The topological polar surface area (TPSA) is 71.2 Å². The molecule has 2 aliphatic rings. The van der Waals surface area contributed by atoms with Gasteiger partial charge in [-0.25, -0.2) is 4.79 Å². The van der Waals surface area contributed by atoms with Gasteiger partial charge in [-0.3, -0.25) is 14.3 Å². The number of hydrogen-bond donors (Lipinski definition) is 1. The lowest BCUT2D eigenvalue weighted by atomic mass is 10.1. The molecule has 1 atom stereocenters. The fourth-order valence-corrected chi connectivity index (χ4v) is 4.01. The van der Waals surface area contributed by atoms with Gasteiger partial charge in [-0.1, -0.05) is 0 Å². The summed E-state index contributed by atoms with van der Waals surface area (Å²) in [5.41, 5.74) is 3.44. The maximum Gasteiger partial charge on any atom is 0.317 e. The molecule has 4 heterocycles. The van der Waals surface area contributed by atoms with E-state index < -0.39 is 0 Å². The molecule has 1 fully saturated rings. The average molecular weight is 357 g/mol. The molecule has 140 valence electrons. The van der Waals surface area contributed by atoms with Crippen molar-refractivity contribution in [2.24, 2.45) is 7.05 Å². The third kappa shape index (κ3) is 3.46. The second-order valence-electron chi connectivity index (χ2n) is 7.37. The summed E-state index contributed by atoms with van der Waals surface area (Å²) < 4.78 is 4.01. The van der Waals surface area contributed by atoms with E-state index in [-0.39, 0.29) is 12.1 Å². The van der Waals surface area contributed by atoms with E-state index in [9.17, 15) is 4.79 Å². The zero-order valence-corrected chi connectivity index (χ0v) is 15.6. The molecule has 0 spiro atoms. The first-order chi connectivity index (χ1) is 12.6. The van der Waals surface area contributed by atoms with Gasteiger partial charge in [0, 0.05) is 52.5 Å². The Hall–Kier alpha value is -2.35. The van der Waals surface area contributed by atoms with Gasteiger partial charge in [0.15, 0.2) is 0 Å². The molecule has 26 heavy (non-hydrogen) atoms. The maximum absolute atomic E-state index is 12.3. The number of carbonyl (C=O) groups is 1. The van der Waals surface area contributed by atoms with Crippen LogP contribution in [-0.2, 0) is 20.1 Å². The normalized spacial score (nSPS) is 20.4. The zero-order chi connectivity index (χ0) is 18.1. The minimum Gasteiger partial charge on any atom is -0.336 e. The number of nitrogens with zero attached hydrogens (tertiary/aromatic N) is 6. The Morgan fingerprint density at radius 1 is 1.35 bits per heavy atom. The Balaban J connectivity index is 1.42. The number of likely N-dealkylation sites (tertiary alicyclic amines) is 1. The highest BCUT2D eigenvalue weighted by molar-refractivity contribution is 5.74. The molecule has 1 N–H and O–H groups in total. The van der Waals surface area contributed by atoms with Crippen molar-refractivity contribution in [3.63, 3.8) is 0 Å². The second kappa shape index (κ2) is 7.11. The molecule has 2 aliphatic heterocycles. The summed E-state index contributed by atoms with van der Waals surface area (Å²) in [6, 6.07) is 4.40. The zero-order valence-electron chi connectivity index (χ0n) is 15.6. The van der Waals surface area contributed by atoms with Crippen LogP contribution < -0.4 is 5.32 Å². The molecule has 4 rings (SSSR count). The number of carbonyl (C=O) groups excluding carboxylic acids is 1. The summed E-state index contributed by atoms with van der Waals surface area (Å²) in [6.45, 7) is 6.93. The predicted octanol–water partition coefficient (Wildman–Crippen LogP) is 1.29. The Kier molecular flexibility index (Phi) is 4.67. The molecule has 2 aromatic rings. The summed E-state index contributed by atoms with van der Waals surface area (Å²) in [7, 11) is 1.99. The first-order valence-corrected chi connectivity index (χ1v) is 9.37. The fraction of sp³-hybridized carbons (Fsp3) is 0.611. The number of amides is 2. The van der Waals surface area contributed by atoms with E-state index in [4.69, 9.17) is 0 Å². The van der Waals surface area contributed by atoms with Crippen molar-refractivity contribution in [2.75, 3.05) is 26.2 Å². The largest absolute Gasteiger partial charge is 0.336 e. The molecule has 1 unspecified atom stereocenters. The van der Waals surface area contributed by atoms with E-state index in [1.54, 1.807) is 0 Å². The summed E-state index contributed by atoms with van der Waals surface area (Å²) in [5.74, 6) is 0. The van der Waals surface area contributed by atoms with E-state index in [0.717, 1.165) is 51.3 Å². The van der Waals surface area contributed by atoms with Crippen LogP contribution in [0.25, 0.3) is 0 Å². The van der Waals surface area contributed by atoms with Gasteiger partial charge in [0.25, 0.3) is 0 Å². The Labute approximate surface area is 153 Å². The minimum atomic E-state index is 0.0515. The van der Waals surface area contributed by atoms with Gasteiger partial charge in [-0.05, 0) is 31.9 Å². The van der Waals surface area contributed by atoms with Crippen molar-refractivity contribution in [2.45, 2.75) is 38.9 Å². The monoisotopic (exact) mass is 357 g/mol. The number of rotatable bonds is 4. The van der Waals surface area contributed by atoms with Crippen LogP contribution in [0.1, 0.15) is 36.0 Å². The van der Waals surface area contributed by atoms with Gasteiger partial charge >= 0.3 is 6.03 Å². The third-order valence-corrected chi connectivity index (χ3v) is 5.32. The van der Waals surface area contributed by atoms with Crippen LogP contribution >= 0.6 is 0 Å². The second-order valence-corrected chi connectivity index (χ2v) is 7.37. The van der Waals surface area contributed by atoms with Crippen molar-refractivity contribution < 1.29 is 4.79 Å². The van der Waals surface area contributed by atoms with Gasteiger partial charge in [-0.2, -0.15) is 10.2 Å². The molecule has 2 amide bonds. The van der Waals surface area contributed by atoms with Crippen LogP contribution in [0.2, 0.25) is 0 Å². The summed E-state index contributed by atoms with van der Waals surface area (Å²) in [6.07, 6.45) is 4.07. The average Bonchev–Trinajstić information content (AvgIpc) is 3.34. The molecule has 0 aromatic carbocycles. The lowest BCUT2D eigenvalue weighted by Crippen LogP contribution is -2.45. The maximum atomic E-state index is 12.3. The molecular formula is C18H27N7O. The van der Waals surface area contributed by atoms with Gasteiger partial charge in [0.2, 0.25) is 0 Å². The van der Waals surface area contributed by atoms with Gasteiger partial charge in [0.1, 0.15) is 0 Å². The number of nitrogens with one attached hydrogen (secondary N) is 1. The summed E-state index contributed by atoms with van der Waals surface area (Å²) in [4.78, 5) is 16.6. The molecule has 0 saturated carbocycles. The van der Waals surface area contributed by atoms with E-state index in [1.165, 1.54) is 11.4 Å². The van der Waals surface area contributed by atoms with Crippen LogP contribution in [0, 0.1) is 6.92 Å². The van der Waals surface area contributed by atoms with Crippen LogP contribution in [0.4, 0.5) is 4.79 Å². The molecular weight excluding hydrogens is 330 g/mol. The first kappa shape index (κ1) is 17.1. The fourth-order valence-electron chi connectivity index (χ4n) is 4.01. The van der Waals surface area contributed by atoms with Gasteiger partial charge in [0.05, 0.1) is 23.1 Å². The highest BCUT2D eigenvalue weighted by atomic mass is 16.2. The van der Waals surface area contributed by atoms with E-state index in [2.05, 4.69) is 37.2 Å². The molecule has 8 nitrogen and oxygen atoms in total. The third-order valence-electron chi connectivity index (χ3n) is 5.32. The molecule has 0 bridgehead atoms. The van der Waals surface area contributed by atoms with E-state index in [1.807, 2.05) is 29.7 Å². The van der Waals surface area contributed by atoms with Crippen molar-refractivity contribution in [1.82, 2.24) is 34.7 Å². The minimum absolute atomic E-state index is 0.0515. The Morgan fingerprint density at radius 3 is 2.88 bits per heavy atom. The molecule has 8 heteroatoms. The number of aryl methyl sites for hydroxylation is 2. The SMILES string of the molecule is Cc1cc(CN2Cc3ccnn3C(CNC(=O)N3CCCC3)C2)n(C)n1. The smallest absolute Gasteiger partial charge is 0.317 e. The lowest BCUT2D eigenvalue weighted by Gasteiger charge is -2.34. The van der Waals surface area contributed by atoms with Gasteiger partial charge in [-0.15, -0.1) is 0 Å². The molecule has 0 aliphatic carbocycles. The first-order valence-electron chi connectivity index (χ1n) is 9.37. The molecule has 0 radical (unpaired) electrons. The van der Waals surface area contributed by atoms with E-state index in [0.29, 0.717) is 6.54 Å². The van der Waals surface area contributed by atoms with Crippen molar-refractivity contribution in [3.8, 4) is 0 Å². The van der Waals surface area contributed by atoms with E-state index >= 15 is 0 Å². The van der Waals surface area contributed by atoms with Crippen molar-refractivity contribution in [1.29, 1.82) is 0 Å². The quantitative estimate of drug-likeness (QED) is 0.895. The van der Waals surface area contributed by atoms with Crippen LogP contribution in [-0.4, -0.2) is 61.6 Å². The highest BCUT2D eigenvalue weighted by Gasteiger charge is 2.27. The standard InChI is InChI=1S/C18H27N7O/c1-14-9-16(22(2)21-14)12-23-11-15-5-6-20-25(15)17(13-23)10-19-18(26)24-7-3-4-8-24/h5-6,9,17H,3-4,7-8,10-13H2,1-2H3,(H,19,26). The Morgan fingerprint density at radius 2 is 2.15 bits per heavy atom. The molecule has 2 aromatic heterocycles. The van der Waals surface area contributed by atoms with Crippen LogP contribution in [0.15, 0.2) is 18.3 Å². The van der Waals surface area contributed by atoms with Gasteiger partial charge < -0.3 is 10.2 Å².